The predicted octanol–water partition coefficient (Wildman–Crippen LogP) is 3.29. The first-order chi connectivity index (χ1) is 10.9. The van der Waals surface area contributed by atoms with Gasteiger partial charge in [0.2, 0.25) is 0 Å². The summed E-state index contributed by atoms with van der Waals surface area (Å²) >= 11 is 6.75. The number of benzene rings is 1. The van der Waals surface area contributed by atoms with Crippen molar-refractivity contribution in [2.24, 2.45) is 0 Å². The lowest BCUT2D eigenvalue weighted by atomic mass is 10.2. The lowest BCUT2D eigenvalue weighted by molar-refractivity contribution is -0.119. The fourth-order valence-corrected chi connectivity index (χ4v) is 3.41. The molecule has 1 amide bonds. The first-order valence-electron chi connectivity index (χ1n) is 6.51. The highest BCUT2D eigenvalue weighted by Gasteiger charge is 2.15. The van der Waals surface area contributed by atoms with Gasteiger partial charge in [0.1, 0.15) is 11.4 Å². The highest BCUT2D eigenvalue weighted by atomic mass is 79.9. The van der Waals surface area contributed by atoms with Crippen LogP contribution in [0.25, 0.3) is 0 Å². The van der Waals surface area contributed by atoms with E-state index in [0.717, 1.165) is 14.5 Å². The van der Waals surface area contributed by atoms with Crippen LogP contribution in [0.1, 0.15) is 15.9 Å². The van der Waals surface area contributed by atoms with E-state index in [2.05, 4.69) is 42.2 Å². The molecule has 0 saturated heterocycles. The summed E-state index contributed by atoms with van der Waals surface area (Å²) in [5.74, 6) is -1.11. The van der Waals surface area contributed by atoms with Gasteiger partial charge in [0.15, 0.2) is 6.61 Å². The highest BCUT2D eigenvalue weighted by molar-refractivity contribution is 9.11. The van der Waals surface area contributed by atoms with Gasteiger partial charge in [-0.15, -0.1) is 0 Å². The number of hydrogen-bond acceptors (Lipinski definition) is 5. The van der Waals surface area contributed by atoms with Gasteiger partial charge in [0.25, 0.3) is 5.91 Å². The molecule has 1 aromatic carbocycles. The largest absolute Gasteiger partial charge is 0.452 e. The molecule has 120 valence electrons. The molecule has 0 aliphatic rings. The van der Waals surface area contributed by atoms with Crippen molar-refractivity contribution in [3.8, 4) is 0 Å². The molecule has 1 aromatic heterocycles. The van der Waals surface area contributed by atoms with Gasteiger partial charge in [-0.25, -0.2) is 9.78 Å². The Morgan fingerprint density at radius 2 is 1.96 bits per heavy atom. The molecule has 0 aliphatic carbocycles. The molecule has 0 spiro atoms. The van der Waals surface area contributed by atoms with Crippen LogP contribution in [0.15, 0.2) is 39.4 Å². The SMILES string of the molecule is Cc1cc(Br)c(NC(=O)COC(=O)c2cccnc2N)c(Br)c1. The average molecular weight is 443 g/mol. The van der Waals surface area contributed by atoms with Crippen molar-refractivity contribution >= 4 is 55.2 Å². The van der Waals surface area contributed by atoms with Crippen LogP contribution in [0.3, 0.4) is 0 Å². The maximum Gasteiger partial charge on any atom is 0.342 e. The molecular formula is C15H13Br2N3O3. The first kappa shape index (κ1) is 17.4. The zero-order chi connectivity index (χ0) is 17.0. The Labute approximate surface area is 149 Å². The number of aryl methyl sites for hydroxylation is 1. The van der Waals surface area contributed by atoms with Crippen molar-refractivity contribution < 1.29 is 14.3 Å². The van der Waals surface area contributed by atoms with E-state index in [4.69, 9.17) is 10.5 Å². The van der Waals surface area contributed by atoms with Crippen LogP contribution < -0.4 is 11.1 Å². The van der Waals surface area contributed by atoms with Gasteiger partial charge in [0.05, 0.1) is 5.69 Å². The number of carbonyl (C=O) groups excluding carboxylic acids is 2. The van der Waals surface area contributed by atoms with Crippen LogP contribution >= 0.6 is 31.9 Å². The third kappa shape index (κ3) is 4.52. The predicted molar refractivity (Wildman–Crippen MR) is 94.1 cm³/mol. The molecule has 0 bridgehead atoms. The molecule has 0 atom stereocenters. The summed E-state index contributed by atoms with van der Waals surface area (Å²) < 4.78 is 6.39. The summed E-state index contributed by atoms with van der Waals surface area (Å²) in [6, 6.07) is 6.77. The topological polar surface area (TPSA) is 94.3 Å². The van der Waals surface area contributed by atoms with E-state index in [1.54, 1.807) is 6.07 Å². The molecule has 3 N–H and O–H groups in total. The van der Waals surface area contributed by atoms with Crippen molar-refractivity contribution in [3.05, 3.63) is 50.5 Å². The second-order valence-electron chi connectivity index (χ2n) is 4.66. The molecule has 0 fully saturated rings. The van der Waals surface area contributed by atoms with Crippen LogP contribution in [-0.4, -0.2) is 23.5 Å². The van der Waals surface area contributed by atoms with E-state index in [-0.39, 0.29) is 11.4 Å². The van der Waals surface area contributed by atoms with E-state index in [9.17, 15) is 9.59 Å². The minimum absolute atomic E-state index is 0.0573. The third-order valence-corrected chi connectivity index (χ3v) is 4.09. The van der Waals surface area contributed by atoms with Crippen LogP contribution in [0.2, 0.25) is 0 Å². The number of pyridine rings is 1. The van der Waals surface area contributed by atoms with Gasteiger partial charge < -0.3 is 15.8 Å². The van der Waals surface area contributed by atoms with Gasteiger partial charge in [-0.2, -0.15) is 0 Å². The summed E-state index contributed by atoms with van der Waals surface area (Å²) in [4.78, 5) is 27.6. The molecule has 0 unspecified atom stereocenters. The summed E-state index contributed by atoms with van der Waals surface area (Å²) in [5, 5.41) is 2.67. The number of amides is 1. The quantitative estimate of drug-likeness (QED) is 0.708. The van der Waals surface area contributed by atoms with Crippen molar-refractivity contribution in [1.29, 1.82) is 0 Å². The standard InChI is InChI=1S/C15H13Br2N3O3/c1-8-5-10(16)13(11(17)6-8)20-12(21)7-23-15(22)9-3-2-4-19-14(9)18/h2-6H,7H2,1H3,(H2,18,19)(H,20,21). The molecule has 0 radical (unpaired) electrons. The van der Waals surface area contributed by atoms with E-state index < -0.39 is 18.5 Å². The Morgan fingerprint density at radius 1 is 1.30 bits per heavy atom. The number of nitrogen functional groups attached to an aromatic ring is 1. The number of hydrogen-bond donors (Lipinski definition) is 2. The van der Waals surface area contributed by atoms with Crippen LogP contribution in [0, 0.1) is 6.92 Å². The van der Waals surface area contributed by atoms with Crippen LogP contribution in [0.5, 0.6) is 0 Å². The zero-order valence-corrected chi connectivity index (χ0v) is 15.3. The summed E-state index contributed by atoms with van der Waals surface area (Å²) in [5.41, 5.74) is 7.30. The lowest BCUT2D eigenvalue weighted by Gasteiger charge is -2.11. The molecule has 0 aliphatic heterocycles. The van der Waals surface area contributed by atoms with E-state index >= 15 is 0 Å². The number of nitrogens with one attached hydrogen (secondary N) is 1. The average Bonchev–Trinajstić information content (AvgIpc) is 2.49. The second-order valence-corrected chi connectivity index (χ2v) is 6.37. The first-order valence-corrected chi connectivity index (χ1v) is 8.10. The van der Waals surface area contributed by atoms with Crippen molar-refractivity contribution in [2.45, 2.75) is 6.92 Å². The third-order valence-electron chi connectivity index (χ3n) is 2.84. The number of carbonyl (C=O) groups is 2. The van der Waals surface area contributed by atoms with Crippen molar-refractivity contribution in [2.75, 3.05) is 17.7 Å². The number of halogens is 2. The fourth-order valence-electron chi connectivity index (χ4n) is 1.79. The zero-order valence-electron chi connectivity index (χ0n) is 12.1. The van der Waals surface area contributed by atoms with E-state index in [1.807, 2.05) is 19.1 Å². The molecule has 8 heteroatoms. The minimum atomic E-state index is -0.701. The molecule has 0 saturated carbocycles. The van der Waals surface area contributed by atoms with Crippen LogP contribution in [-0.2, 0) is 9.53 Å². The Bertz CT molecular complexity index is 742. The lowest BCUT2D eigenvalue weighted by Crippen LogP contribution is -2.22. The molecule has 2 aromatic rings. The Kier molecular flexibility index (Phi) is 5.73. The Balaban J connectivity index is 1.99. The Morgan fingerprint density at radius 3 is 2.57 bits per heavy atom. The molecular weight excluding hydrogens is 430 g/mol. The normalized spacial score (nSPS) is 10.2. The number of anilines is 2. The number of esters is 1. The number of rotatable bonds is 4. The fraction of sp³-hybridized carbons (Fsp3) is 0.133. The second kappa shape index (κ2) is 7.56. The summed E-state index contributed by atoms with van der Waals surface area (Å²) in [6.07, 6.45) is 1.46. The minimum Gasteiger partial charge on any atom is -0.452 e. The Hall–Kier alpha value is -1.93. The van der Waals surface area contributed by atoms with Gasteiger partial charge in [-0.3, -0.25) is 4.79 Å². The smallest absolute Gasteiger partial charge is 0.342 e. The van der Waals surface area contributed by atoms with Gasteiger partial charge in [0, 0.05) is 15.1 Å². The number of nitrogens with zero attached hydrogens (tertiary/aromatic N) is 1. The molecule has 2 rings (SSSR count). The summed E-state index contributed by atoms with van der Waals surface area (Å²) in [7, 11) is 0. The molecule has 1 heterocycles. The van der Waals surface area contributed by atoms with Crippen molar-refractivity contribution in [3.63, 3.8) is 0 Å². The van der Waals surface area contributed by atoms with E-state index in [1.165, 1.54) is 12.3 Å². The highest BCUT2D eigenvalue weighted by Crippen LogP contribution is 2.32. The van der Waals surface area contributed by atoms with Crippen LogP contribution in [0.4, 0.5) is 11.5 Å². The summed E-state index contributed by atoms with van der Waals surface area (Å²) in [6.45, 7) is 1.50. The van der Waals surface area contributed by atoms with Crippen molar-refractivity contribution in [1.82, 2.24) is 4.98 Å². The molecule has 6 nitrogen and oxygen atoms in total. The monoisotopic (exact) mass is 441 g/mol. The van der Waals surface area contributed by atoms with E-state index in [0.29, 0.717) is 5.69 Å². The van der Waals surface area contributed by atoms with Gasteiger partial charge >= 0.3 is 5.97 Å². The number of ether oxygens (including phenoxy) is 1. The molecule has 23 heavy (non-hydrogen) atoms. The van der Waals surface area contributed by atoms with Gasteiger partial charge in [-0.1, -0.05) is 0 Å². The number of aromatic nitrogens is 1. The maximum absolute atomic E-state index is 11.9. The number of nitrogens with two attached hydrogens (primary N) is 1. The van der Waals surface area contributed by atoms with Gasteiger partial charge in [-0.05, 0) is 68.6 Å². The maximum atomic E-state index is 11.9.